The van der Waals surface area contributed by atoms with Crippen molar-refractivity contribution in [1.29, 1.82) is 0 Å². The first-order valence-electron chi connectivity index (χ1n) is 6.43. The first kappa shape index (κ1) is 14.9. The van der Waals surface area contributed by atoms with Gasteiger partial charge in [0, 0.05) is 19.6 Å². The maximum atomic E-state index is 5.54. The van der Waals surface area contributed by atoms with Crippen LogP contribution in [0.3, 0.4) is 0 Å². The molecule has 15 heavy (non-hydrogen) atoms. The van der Waals surface area contributed by atoms with Gasteiger partial charge in [0.25, 0.3) is 0 Å². The Morgan fingerprint density at radius 1 is 0.933 bits per heavy atom. The van der Waals surface area contributed by atoms with Crippen molar-refractivity contribution in [2.45, 2.75) is 46.5 Å². The zero-order valence-corrected chi connectivity index (χ0v) is 10.7. The second-order valence-electron chi connectivity index (χ2n) is 3.80. The Hall–Kier alpha value is -0.120. The zero-order chi connectivity index (χ0) is 11.4. The molecule has 1 N–H and O–H groups in total. The summed E-state index contributed by atoms with van der Waals surface area (Å²) in [6, 6.07) is 0. The molecule has 0 aliphatic rings. The van der Waals surface area contributed by atoms with E-state index in [-0.39, 0.29) is 0 Å². The molecule has 0 rings (SSSR count). The Bertz CT molecular complexity index is 120. The van der Waals surface area contributed by atoms with Crippen molar-refractivity contribution in [1.82, 2.24) is 10.4 Å². The molecule has 92 valence electrons. The van der Waals surface area contributed by atoms with E-state index in [0.717, 1.165) is 32.8 Å². The fourth-order valence-corrected chi connectivity index (χ4v) is 1.39. The van der Waals surface area contributed by atoms with Crippen LogP contribution in [0.2, 0.25) is 0 Å². The van der Waals surface area contributed by atoms with Crippen LogP contribution in [-0.2, 0) is 4.84 Å². The minimum Gasteiger partial charge on any atom is -0.315 e. The summed E-state index contributed by atoms with van der Waals surface area (Å²) in [4.78, 5) is 5.54. The van der Waals surface area contributed by atoms with E-state index in [1.165, 1.54) is 25.7 Å². The van der Waals surface area contributed by atoms with Crippen LogP contribution in [0, 0.1) is 0 Å². The molecule has 0 fully saturated rings. The molecule has 0 unspecified atom stereocenters. The van der Waals surface area contributed by atoms with Crippen LogP contribution >= 0.6 is 0 Å². The van der Waals surface area contributed by atoms with Gasteiger partial charge in [0.1, 0.15) is 0 Å². The Labute approximate surface area is 95.1 Å². The summed E-state index contributed by atoms with van der Waals surface area (Å²) in [6.07, 6.45) is 4.98. The van der Waals surface area contributed by atoms with E-state index in [4.69, 9.17) is 4.84 Å². The molecule has 0 aliphatic heterocycles. The Kier molecular flexibility index (Phi) is 11.9. The van der Waals surface area contributed by atoms with Crippen molar-refractivity contribution >= 4 is 0 Å². The number of hydrogen-bond acceptors (Lipinski definition) is 3. The standard InChI is InChI=1S/C12H28N2O/c1-4-7-9-13-10-12-14(15-6-3)11-8-5-2/h13H,4-12H2,1-3H3. The van der Waals surface area contributed by atoms with Gasteiger partial charge >= 0.3 is 0 Å². The van der Waals surface area contributed by atoms with Crippen LogP contribution in [-0.4, -0.2) is 37.8 Å². The van der Waals surface area contributed by atoms with Gasteiger partial charge in [-0.25, -0.2) is 0 Å². The van der Waals surface area contributed by atoms with Gasteiger partial charge in [-0.2, -0.15) is 5.06 Å². The molecule has 0 atom stereocenters. The summed E-state index contributed by atoms with van der Waals surface area (Å²) >= 11 is 0. The third-order valence-corrected chi connectivity index (χ3v) is 2.32. The minimum absolute atomic E-state index is 0.776. The van der Waals surface area contributed by atoms with Crippen LogP contribution in [0.5, 0.6) is 0 Å². The molecule has 0 heterocycles. The first-order chi connectivity index (χ1) is 7.35. The van der Waals surface area contributed by atoms with Crippen molar-refractivity contribution in [2.24, 2.45) is 0 Å². The van der Waals surface area contributed by atoms with Crippen LogP contribution in [0.25, 0.3) is 0 Å². The average Bonchev–Trinajstić information content (AvgIpc) is 2.25. The van der Waals surface area contributed by atoms with E-state index in [1.807, 2.05) is 6.92 Å². The highest BCUT2D eigenvalue weighted by Crippen LogP contribution is 1.95. The number of hydrogen-bond donors (Lipinski definition) is 1. The predicted octanol–water partition coefficient (Wildman–Crippen LogP) is 2.43. The SMILES string of the molecule is CCCCNCCN(CCCC)OCC. The van der Waals surface area contributed by atoms with Gasteiger partial charge in [0.2, 0.25) is 0 Å². The molecule has 3 nitrogen and oxygen atoms in total. The topological polar surface area (TPSA) is 24.5 Å². The van der Waals surface area contributed by atoms with E-state index >= 15 is 0 Å². The highest BCUT2D eigenvalue weighted by molar-refractivity contribution is 4.52. The molecule has 0 saturated carbocycles. The van der Waals surface area contributed by atoms with Crippen molar-refractivity contribution in [3.8, 4) is 0 Å². The Morgan fingerprint density at radius 2 is 1.67 bits per heavy atom. The quantitative estimate of drug-likeness (QED) is 0.424. The van der Waals surface area contributed by atoms with Gasteiger partial charge < -0.3 is 5.32 Å². The highest BCUT2D eigenvalue weighted by Gasteiger charge is 2.02. The number of nitrogens with zero attached hydrogens (tertiary/aromatic N) is 1. The van der Waals surface area contributed by atoms with Gasteiger partial charge in [-0.1, -0.05) is 26.7 Å². The first-order valence-corrected chi connectivity index (χ1v) is 6.43. The number of rotatable bonds is 11. The number of unbranched alkanes of at least 4 members (excludes halogenated alkanes) is 2. The van der Waals surface area contributed by atoms with Crippen LogP contribution in [0.4, 0.5) is 0 Å². The summed E-state index contributed by atoms with van der Waals surface area (Å²) in [5, 5.41) is 5.52. The molecule has 0 aromatic rings. The van der Waals surface area contributed by atoms with Crippen molar-refractivity contribution in [2.75, 3.05) is 32.8 Å². The molecule has 0 radical (unpaired) electrons. The maximum Gasteiger partial charge on any atom is 0.0656 e. The van der Waals surface area contributed by atoms with Gasteiger partial charge in [-0.05, 0) is 26.3 Å². The Morgan fingerprint density at radius 3 is 2.27 bits per heavy atom. The van der Waals surface area contributed by atoms with E-state index in [0.29, 0.717) is 0 Å². The molecule has 0 aromatic carbocycles. The molecule has 0 bridgehead atoms. The smallest absolute Gasteiger partial charge is 0.0656 e. The molecular weight excluding hydrogens is 188 g/mol. The predicted molar refractivity (Wildman–Crippen MR) is 65.9 cm³/mol. The third kappa shape index (κ3) is 10.2. The van der Waals surface area contributed by atoms with E-state index in [1.54, 1.807) is 0 Å². The van der Waals surface area contributed by atoms with Crippen molar-refractivity contribution in [3.05, 3.63) is 0 Å². The van der Waals surface area contributed by atoms with Gasteiger partial charge in [-0.15, -0.1) is 0 Å². The number of nitrogens with one attached hydrogen (secondary N) is 1. The lowest BCUT2D eigenvalue weighted by Gasteiger charge is -2.20. The molecule has 3 heteroatoms. The largest absolute Gasteiger partial charge is 0.315 e. The molecule has 0 amide bonds. The molecule has 0 spiro atoms. The summed E-state index contributed by atoms with van der Waals surface area (Å²) in [5.41, 5.74) is 0. The van der Waals surface area contributed by atoms with Crippen LogP contribution in [0.15, 0.2) is 0 Å². The van der Waals surface area contributed by atoms with Crippen molar-refractivity contribution in [3.63, 3.8) is 0 Å². The lowest BCUT2D eigenvalue weighted by Crippen LogP contribution is -2.33. The zero-order valence-electron chi connectivity index (χ0n) is 10.7. The highest BCUT2D eigenvalue weighted by atomic mass is 16.7. The lowest BCUT2D eigenvalue weighted by atomic mass is 10.3. The summed E-state index contributed by atoms with van der Waals surface area (Å²) in [5.74, 6) is 0. The second kappa shape index (κ2) is 12.0. The molecule has 0 saturated heterocycles. The van der Waals surface area contributed by atoms with E-state index < -0.39 is 0 Å². The lowest BCUT2D eigenvalue weighted by molar-refractivity contribution is -0.153. The second-order valence-corrected chi connectivity index (χ2v) is 3.80. The number of hydroxylamine groups is 2. The third-order valence-electron chi connectivity index (χ3n) is 2.32. The fourth-order valence-electron chi connectivity index (χ4n) is 1.39. The van der Waals surface area contributed by atoms with E-state index in [2.05, 4.69) is 24.2 Å². The van der Waals surface area contributed by atoms with Crippen molar-refractivity contribution < 1.29 is 4.84 Å². The fraction of sp³-hybridized carbons (Fsp3) is 1.00. The summed E-state index contributed by atoms with van der Waals surface area (Å²) < 4.78 is 0. The van der Waals surface area contributed by atoms with Gasteiger partial charge in [-0.3, -0.25) is 4.84 Å². The van der Waals surface area contributed by atoms with Crippen LogP contribution in [0.1, 0.15) is 46.5 Å². The monoisotopic (exact) mass is 216 g/mol. The van der Waals surface area contributed by atoms with Gasteiger partial charge in [0.05, 0.1) is 6.61 Å². The normalized spacial score (nSPS) is 11.2. The molecule has 0 aromatic heterocycles. The van der Waals surface area contributed by atoms with E-state index in [9.17, 15) is 0 Å². The molecule has 0 aliphatic carbocycles. The minimum atomic E-state index is 0.776. The average molecular weight is 216 g/mol. The maximum absolute atomic E-state index is 5.54. The van der Waals surface area contributed by atoms with Crippen LogP contribution < -0.4 is 5.32 Å². The Balaban J connectivity index is 3.38. The van der Waals surface area contributed by atoms with Gasteiger partial charge in [0.15, 0.2) is 0 Å². The molecular formula is C12H28N2O. The summed E-state index contributed by atoms with van der Waals surface area (Å²) in [7, 11) is 0. The summed E-state index contributed by atoms with van der Waals surface area (Å²) in [6.45, 7) is 11.5.